The number of alkyl carbamates (subject to hydrolysis) is 1. The van der Waals surface area contributed by atoms with Gasteiger partial charge in [0.25, 0.3) is 11.8 Å². The van der Waals surface area contributed by atoms with Crippen molar-refractivity contribution in [3.63, 3.8) is 0 Å². The summed E-state index contributed by atoms with van der Waals surface area (Å²) >= 11 is 0. The van der Waals surface area contributed by atoms with E-state index in [1.165, 1.54) is 6.92 Å². The molecule has 0 aromatic heterocycles. The molecular formula is C16H19N3O5. The molecule has 0 saturated heterocycles. The van der Waals surface area contributed by atoms with Gasteiger partial charge in [0.1, 0.15) is 6.04 Å². The van der Waals surface area contributed by atoms with Crippen molar-refractivity contribution >= 4 is 23.8 Å². The number of benzene rings is 1. The van der Waals surface area contributed by atoms with Crippen LogP contribution < -0.4 is 10.6 Å². The smallest absolute Gasteiger partial charge is 0.407 e. The number of imide groups is 1. The maximum atomic E-state index is 12.3. The van der Waals surface area contributed by atoms with Gasteiger partial charge in [-0.05, 0) is 26.0 Å². The van der Waals surface area contributed by atoms with E-state index in [0.29, 0.717) is 11.1 Å². The number of hydrogen-bond acceptors (Lipinski definition) is 5. The number of carbonyl (C=O) groups excluding carboxylic acids is 4. The normalized spacial score (nSPS) is 14.2. The first kappa shape index (κ1) is 17.5. The highest BCUT2D eigenvalue weighted by molar-refractivity contribution is 6.22. The number of nitrogens with zero attached hydrogens (tertiary/aromatic N) is 1. The van der Waals surface area contributed by atoms with Gasteiger partial charge in [0.15, 0.2) is 0 Å². The molecule has 2 rings (SSSR count). The molecule has 2 N–H and O–H groups in total. The van der Waals surface area contributed by atoms with Crippen LogP contribution in [0.2, 0.25) is 0 Å². The Morgan fingerprint density at radius 2 is 1.62 bits per heavy atom. The monoisotopic (exact) mass is 333 g/mol. The quantitative estimate of drug-likeness (QED) is 0.584. The van der Waals surface area contributed by atoms with E-state index in [4.69, 9.17) is 0 Å². The Kier molecular flexibility index (Phi) is 5.51. The van der Waals surface area contributed by atoms with Gasteiger partial charge in [-0.15, -0.1) is 0 Å². The summed E-state index contributed by atoms with van der Waals surface area (Å²) < 4.78 is 4.68. The lowest BCUT2D eigenvalue weighted by atomic mass is 10.1. The topological polar surface area (TPSA) is 105 Å². The largest absolute Gasteiger partial charge is 0.450 e. The zero-order valence-electron chi connectivity index (χ0n) is 13.5. The van der Waals surface area contributed by atoms with Crippen molar-refractivity contribution in [2.24, 2.45) is 0 Å². The van der Waals surface area contributed by atoms with Crippen molar-refractivity contribution in [3.8, 4) is 0 Å². The molecular weight excluding hydrogens is 314 g/mol. The van der Waals surface area contributed by atoms with Crippen LogP contribution in [0.3, 0.4) is 0 Å². The maximum Gasteiger partial charge on any atom is 0.407 e. The summed E-state index contributed by atoms with van der Waals surface area (Å²) in [6, 6.07) is 5.51. The van der Waals surface area contributed by atoms with Crippen LogP contribution >= 0.6 is 0 Å². The van der Waals surface area contributed by atoms with Crippen molar-refractivity contribution in [1.82, 2.24) is 15.5 Å². The third-order valence-corrected chi connectivity index (χ3v) is 3.56. The zero-order chi connectivity index (χ0) is 17.7. The molecule has 8 nitrogen and oxygen atoms in total. The molecule has 1 aliphatic heterocycles. The number of rotatable bonds is 6. The van der Waals surface area contributed by atoms with E-state index in [1.54, 1.807) is 31.2 Å². The molecule has 8 heteroatoms. The Hall–Kier alpha value is -2.90. The van der Waals surface area contributed by atoms with E-state index < -0.39 is 29.9 Å². The summed E-state index contributed by atoms with van der Waals surface area (Å²) in [6.07, 6.45) is -0.569. The van der Waals surface area contributed by atoms with Gasteiger partial charge in [-0.25, -0.2) is 4.79 Å². The molecule has 0 fully saturated rings. The molecule has 0 spiro atoms. The lowest BCUT2D eigenvalue weighted by Crippen LogP contribution is -2.49. The first-order chi connectivity index (χ1) is 11.5. The van der Waals surface area contributed by atoms with E-state index in [2.05, 4.69) is 15.4 Å². The van der Waals surface area contributed by atoms with Crippen molar-refractivity contribution < 1.29 is 23.9 Å². The van der Waals surface area contributed by atoms with E-state index in [9.17, 15) is 19.2 Å². The van der Waals surface area contributed by atoms with Crippen LogP contribution in [0.25, 0.3) is 0 Å². The Bertz CT molecular complexity index is 638. The predicted molar refractivity (Wildman–Crippen MR) is 84.4 cm³/mol. The van der Waals surface area contributed by atoms with Crippen LogP contribution in [0.5, 0.6) is 0 Å². The lowest BCUT2D eigenvalue weighted by Gasteiger charge is -2.21. The maximum absolute atomic E-state index is 12.3. The molecule has 0 radical (unpaired) electrons. The molecule has 4 amide bonds. The van der Waals surface area contributed by atoms with Crippen molar-refractivity contribution in [2.75, 3.05) is 19.7 Å². The first-order valence-electron chi connectivity index (χ1n) is 7.62. The number of ether oxygens (including phenoxy) is 1. The second-order valence-corrected chi connectivity index (χ2v) is 5.14. The van der Waals surface area contributed by atoms with Crippen LogP contribution in [0, 0.1) is 0 Å². The van der Waals surface area contributed by atoms with E-state index in [-0.39, 0.29) is 19.7 Å². The van der Waals surface area contributed by atoms with Crippen LogP contribution in [0.1, 0.15) is 34.6 Å². The van der Waals surface area contributed by atoms with Gasteiger partial charge in [-0.2, -0.15) is 0 Å². The third kappa shape index (κ3) is 3.53. The lowest BCUT2D eigenvalue weighted by molar-refractivity contribution is -0.124. The molecule has 1 atom stereocenters. The SMILES string of the molecule is CCOC(=O)NCCNC(=O)C(C)N1C(=O)c2ccccc2C1=O. The van der Waals surface area contributed by atoms with E-state index >= 15 is 0 Å². The molecule has 1 heterocycles. The Balaban J connectivity index is 1.89. The van der Waals surface area contributed by atoms with Crippen molar-refractivity contribution in [2.45, 2.75) is 19.9 Å². The summed E-state index contributed by atoms with van der Waals surface area (Å²) in [5, 5.41) is 5.03. The summed E-state index contributed by atoms with van der Waals surface area (Å²) in [5.74, 6) is -1.44. The molecule has 24 heavy (non-hydrogen) atoms. The second-order valence-electron chi connectivity index (χ2n) is 5.14. The first-order valence-corrected chi connectivity index (χ1v) is 7.62. The fraction of sp³-hybridized carbons (Fsp3) is 0.375. The molecule has 1 unspecified atom stereocenters. The van der Waals surface area contributed by atoms with Crippen LogP contribution in [-0.2, 0) is 9.53 Å². The third-order valence-electron chi connectivity index (χ3n) is 3.56. The predicted octanol–water partition coefficient (Wildman–Crippen LogP) is 0.533. The molecule has 1 aromatic carbocycles. The molecule has 1 aliphatic rings. The Morgan fingerprint density at radius 1 is 1.08 bits per heavy atom. The summed E-state index contributed by atoms with van der Waals surface area (Å²) in [4.78, 5) is 48.8. The average Bonchev–Trinajstić information content (AvgIpc) is 2.83. The van der Waals surface area contributed by atoms with Crippen LogP contribution in [0.4, 0.5) is 4.79 Å². The molecule has 0 aliphatic carbocycles. The van der Waals surface area contributed by atoms with Gasteiger partial charge in [0.2, 0.25) is 5.91 Å². The van der Waals surface area contributed by atoms with Gasteiger partial charge in [0.05, 0.1) is 17.7 Å². The molecule has 128 valence electrons. The fourth-order valence-electron chi connectivity index (χ4n) is 2.36. The van der Waals surface area contributed by atoms with Crippen molar-refractivity contribution in [1.29, 1.82) is 0 Å². The average molecular weight is 333 g/mol. The number of fused-ring (bicyclic) bond motifs is 1. The minimum atomic E-state index is -0.944. The van der Waals surface area contributed by atoms with Gasteiger partial charge < -0.3 is 15.4 Å². The summed E-state index contributed by atoms with van der Waals surface area (Å²) in [5.41, 5.74) is 0.595. The fourth-order valence-corrected chi connectivity index (χ4v) is 2.36. The van der Waals surface area contributed by atoms with Crippen LogP contribution in [-0.4, -0.2) is 54.5 Å². The number of amides is 4. The minimum Gasteiger partial charge on any atom is -0.450 e. The minimum absolute atomic E-state index is 0.158. The number of hydrogen-bond donors (Lipinski definition) is 2. The van der Waals surface area contributed by atoms with Gasteiger partial charge in [-0.3, -0.25) is 19.3 Å². The Morgan fingerprint density at radius 3 is 2.17 bits per heavy atom. The van der Waals surface area contributed by atoms with E-state index in [1.807, 2.05) is 0 Å². The second kappa shape index (κ2) is 7.58. The van der Waals surface area contributed by atoms with Crippen LogP contribution in [0.15, 0.2) is 24.3 Å². The number of nitrogens with one attached hydrogen (secondary N) is 2. The highest BCUT2D eigenvalue weighted by Gasteiger charge is 2.40. The highest BCUT2D eigenvalue weighted by Crippen LogP contribution is 2.24. The van der Waals surface area contributed by atoms with E-state index in [0.717, 1.165) is 4.90 Å². The zero-order valence-corrected chi connectivity index (χ0v) is 13.5. The van der Waals surface area contributed by atoms with Gasteiger partial charge in [-0.1, -0.05) is 12.1 Å². The summed E-state index contributed by atoms with van der Waals surface area (Å²) in [7, 11) is 0. The molecule has 0 saturated carbocycles. The molecule has 1 aromatic rings. The summed E-state index contributed by atoms with van der Waals surface area (Å²) in [6.45, 7) is 3.76. The standard InChI is InChI=1S/C16H19N3O5/c1-3-24-16(23)18-9-8-17-13(20)10(2)19-14(21)11-6-4-5-7-12(11)15(19)22/h4-7,10H,3,8-9H2,1-2H3,(H,17,20)(H,18,23). The number of carbonyl (C=O) groups is 4. The Labute approximate surface area is 139 Å². The molecule has 0 bridgehead atoms. The van der Waals surface area contributed by atoms with Crippen molar-refractivity contribution in [3.05, 3.63) is 35.4 Å². The van der Waals surface area contributed by atoms with Gasteiger partial charge in [0, 0.05) is 13.1 Å². The van der Waals surface area contributed by atoms with Gasteiger partial charge >= 0.3 is 6.09 Å². The highest BCUT2D eigenvalue weighted by atomic mass is 16.5.